The first-order valence-corrected chi connectivity index (χ1v) is 5.50. The van der Waals surface area contributed by atoms with E-state index in [1.807, 2.05) is 0 Å². The SMILES string of the molecule is COc1nc(C(O)C(O)CCS)ccc1N. The number of aliphatic hydroxyl groups is 2. The fourth-order valence-electron chi connectivity index (χ4n) is 1.28. The monoisotopic (exact) mass is 244 g/mol. The highest BCUT2D eigenvalue weighted by Crippen LogP contribution is 2.23. The Morgan fingerprint density at radius 2 is 2.19 bits per heavy atom. The number of nitrogens with zero attached hydrogens (tertiary/aromatic N) is 1. The molecule has 0 radical (unpaired) electrons. The number of anilines is 1. The maximum Gasteiger partial charge on any atom is 0.237 e. The summed E-state index contributed by atoms with van der Waals surface area (Å²) in [5, 5.41) is 19.4. The predicted octanol–water partition coefficient (Wildman–Crippen LogP) is 0.387. The Morgan fingerprint density at radius 1 is 1.50 bits per heavy atom. The van der Waals surface area contributed by atoms with Crippen LogP contribution in [0.3, 0.4) is 0 Å². The second-order valence-electron chi connectivity index (χ2n) is 3.36. The lowest BCUT2D eigenvalue weighted by molar-refractivity contribution is 0.0144. The van der Waals surface area contributed by atoms with Gasteiger partial charge in [-0.1, -0.05) is 0 Å². The third-order valence-corrected chi connectivity index (χ3v) is 2.46. The minimum absolute atomic E-state index is 0.245. The number of aliphatic hydroxyl groups excluding tert-OH is 2. The molecular formula is C10H16N2O3S. The lowest BCUT2D eigenvalue weighted by Crippen LogP contribution is -2.20. The van der Waals surface area contributed by atoms with Crippen LogP contribution in [0.5, 0.6) is 5.88 Å². The zero-order chi connectivity index (χ0) is 12.1. The number of ether oxygens (including phenoxy) is 1. The van der Waals surface area contributed by atoms with Gasteiger partial charge in [0.25, 0.3) is 0 Å². The molecule has 0 fully saturated rings. The van der Waals surface area contributed by atoms with Crippen LogP contribution in [0.4, 0.5) is 5.69 Å². The standard InChI is InChI=1S/C10H16N2O3S/c1-15-10-6(11)2-3-7(12-10)9(14)8(13)4-5-16/h2-3,8-9,13-14,16H,4-5,11H2,1H3. The van der Waals surface area contributed by atoms with Crippen molar-refractivity contribution in [3.63, 3.8) is 0 Å². The number of nitrogens with two attached hydrogens (primary N) is 1. The van der Waals surface area contributed by atoms with E-state index in [2.05, 4.69) is 17.6 Å². The summed E-state index contributed by atoms with van der Waals surface area (Å²) in [5.41, 5.74) is 6.32. The molecule has 4 N–H and O–H groups in total. The topological polar surface area (TPSA) is 88.6 Å². The fraction of sp³-hybridized carbons (Fsp3) is 0.500. The molecule has 90 valence electrons. The first kappa shape index (κ1) is 13.1. The van der Waals surface area contributed by atoms with Crippen molar-refractivity contribution in [3.05, 3.63) is 17.8 Å². The molecule has 1 heterocycles. The third kappa shape index (κ3) is 3.01. The summed E-state index contributed by atoms with van der Waals surface area (Å²) >= 11 is 3.99. The lowest BCUT2D eigenvalue weighted by atomic mass is 10.1. The van der Waals surface area contributed by atoms with Crippen molar-refractivity contribution in [1.82, 2.24) is 4.98 Å². The largest absolute Gasteiger partial charge is 0.480 e. The summed E-state index contributed by atoms with van der Waals surface area (Å²) in [7, 11) is 1.44. The number of hydrogen-bond acceptors (Lipinski definition) is 6. The Labute approximate surface area is 99.7 Å². The Morgan fingerprint density at radius 3 is 2.75 bits per heavy atom. The van der Waals surface area contributed by atoms with E-state index >= 15 is 0 Å². The van der Waals surface area contributed by atoms with Gasteiger partial charge in [-0.15, -0.1) is 0 Å². The first-order valence-electron chi connectivity index (χ1n) is 4.87. The van der Waals surface area contributed by atoms with Crippen LogP contribution in [0.25, 0.3) is 0 Å². The van der Waals surface area contributed by atoms with Crippen LogP contribution in [0, 0.1) is 0 Å². The molecule has 2 atom stereocenters. The van der Waals surface area contributed by atoms with Gasteiger partial charge < -0.3 is 20.7 Å². The van der Waals surface area contributed by atoms with E-state index in [0.29, 0.717) is 23.6 Å². The highest BCUT2D eigenvalue weighted by atomic mass is 32.1. The van der Waals surface area contributed by atoms with Gasteiger partial charge in [-0.2, -0.15) is 12.6 Å². The maximum absolute atomic E-state index is 9.79. The molecule has 0 aliphatic rings. The van der Waals surface area contributed by atoms with Gasteiger partial charge in [0.1, 0.15) is 6.10 Å². The van der Waals surface area contributed by atoms with Gasteiger partial charge >= 0.3 is 0 Å². The smallest absolute Gasteiger partial charge is 0.237 e. The summed E-state index contributed by atoms with van der Waals surface area (Å²) in [4.78, 5) is 4.01. The number of rotatable bonds is 5. The molecule has 1 aromatic rings. The number of aromatic nitrogens is 1. The van der Waals surface area contributed by atoms with Crippen molar-refractivity contribution in [2.75, 3.05) is 18.6 Å². The molecular weight excluding hydrogens is 228 g/mol. The van der Waals surface area contributed by atoms with E-state index < -0.39 is 12.2 Å². The number of hydrogen-bond donors (Lipinski definition) is 4. The highest BCUT2D eigenvalue weighted by molar-refractivity contribution is 7.80. The van der Waals surface area contributed by atoms with Crippen molar-refractivity contribution in [2.24, 2.45) is 0 Å². The molecule has 0 bridgehead atoms. The average Bonchev–Trinajstić information content (AvgIpc) is 2.29. The Kier molecular flexibility index (Phi) is 4.85. The van der Waals surface area contributed by atoms with E-state index in [1.165, 1.54) is 7.11 Å². The fourth-order valence-corrected chi connectivity index (χ4v) is 1.55. The van der Waals surface area contributed by atoms with Crippen molar-refractivity contribution in [3.8, 4) is 5.88 Å². The van der Waals surface area contributed by atoms with Gasteiger partial charge in [0.05, 0.1) is 24.6 Å². The Hall–Kier alpha value is -0.980. The molecule has 1 rings (SSSR count). The molecule has 0 amide bonds. The Bertz CT molecular complexity index is 349. The quantitative estimate of drug-likeness (QED) is 0.563. The van der Waals surface area contributed by atoms with Gasteiger partial charge in [0.15, 0.2) is 0 Å². The molecule has 0 saturated carbocycles. The summed E-state index contributed by atoms with van der Waals surface area (Å²) in [6, 6.07) is 3.14. The van der Waals surface area contributed by atoms with Gasteiger partial charge in [-0.05, 0) is 24.3 Å². The second-order valence-corrected chi connectivity index (χ2v) is 3.81. The van der Waals surface area contributed by atoms with E-state index in [0.717, 1.165) is 0 Å². The number of nitrogen functional groups attached to an aromatic ring is 1. The van der Waals surface area contributed by atoms with Crippen molar-refractivity contribution < 1.29 is 14.9 Å². The third-order valence-electron chi connectivity index (χ3n) is 2.20. The number of methoxy groups -OCH3 is 1. The van der Waals surface area contributed by atoms with Crippen LogP contribution in [0.1, 0.15) is 18.2 Å². The van der Waals surface area contributed by atoms with Crippen molar-refractivity contribution in [1.29, 1.82) is 0 Å². The predicted molar refractivity (Wildman–Crippen MR) is 64.6 cm³/mol. The van der Waals surface area contributed by atoms with Crippen LogP contribution in [0.15, 0.2) is 12.1 Å². The van der Waals surface area contributed by atoms with Gasteiger partial charge in [0.2, 0.25) is 5.88 Å². The molecule has 0 aliphatic heterocycles. The molecule has 2 unspecified atom stereocenters. The molecule has 0 aromatic carbocycles. The van der Waals surface area contributed by atoms with Crippen LogP contribution in [-0.4, -0.2) is 34.2 Å². The molecule has 1 aromatic heterocycles. The molecule has 16 heavy (non-hydrogen) atoms. The zero-order valence-electron chi connectivity index (χ0n) is 9.00. The van der Waals surface area contributed by atoms with E-state index in [9.17, 15) is 10.2 Å². The zero-order valence-corrected chi connectivity index (χ0v) is 9.89. The Balaban J connectivity index is 2.87. The van der Waals surface area contributed by atoms with E-state index in [1.54, 1.807) is 12.1 Å². The lowest BCUT2D eigenvalue weighted by Gasteiger charge is -2.17. The minimum atomic E-state index is -1.05. The van der Waals surface area contributed by atoms with Crippen LogP contribution >= 0.6 is 12.6 Å². The summed E-state index contributed by atoms with van der Waals surface area (Å²) in [5.74, 6) is 0.735. The van der Waals surface area contributed by atoms with Crippen molar-refractivity contribution >= 4 is 18.3 Å². The summed E-state index contributed by atoms with van der Waals surface area (Å²) in [6.07, 6.45) is -1.56. The van der Waals surface area contributed by atoms with E-state index in [-0.39, 0.29) is 5.88 Å². The minimum Gasteiger partial charge on any atom is -0.480 e. The molecule has 5 nitrogen and oxygen atoms in total. The van der Waals surface area contributed by atoms with Crippen LogP contribution in [-0.2, 0) is 0 Å². The number of thiol groups is 1. The molecule has 0 aliphatic carbocycles. The summed E-state index contributed by atoms with van der Waals surface area (Å²) in [6.45, 7) is 0. The van der Waals surface area contributed by atoms with Crippen molar-refractivity contribution in [2.45, 2.75) is 18.6 Å². The normalized spacial score (nSPS) is 14.5. The van der Waals surface area contributed by atoms with Crippen LogP contribution < -0.4 is 10.5 Å². The maximum atomic E-state index is 9.79. The first-order chi connectivity index (χ1) is 7.60. The molecule has 6 heteroatoms. The molecule has 0 spiro atoms. The highest BCUT2D eigenvalue weighted by Gasteiger charge is 2.19. The van der Waals surface area contributed by atoms with E-state index in [4.69, 9.17) is 10.5 Å². The number of pyridine rings is 1. The van der Waals surface area contributed by atoms with Gasteiger partial charge in [0, 0.05) is 0 Å². The van der Waals surface area contributed by atoms with Crippen LogP contribution in [0.2, 0.25) is 0 Å². The average molecular weight is 244 g/mol. The van der Waals surface area contributed by atoms with Gasteiger partial charge in [-0.25, -0.2) is 4.98 Å². The second kappa shape index (κ2) is 5.93. The summed E-state index contributed by atoms with van der Waals surface area (Å²) < 4.78 is 4.93. The van der Waals surface area contributed by atoms with Gasteiger partial charge in [-0.3, -0.25) is 0 Å². The molecule has 0 saturated heterocycles.